The number of aryl methyl sites for hydroxylation is 2. The van der Waals surface area contributed by atoms with E-state index in [1.807, 2.05) is 0 Å². The molecule has 0 radical (unpaired) electrons. The maximum absolute atomic E-state index is 10.7. The Balaban J connectivity index is 1.67. The zero-order valence-electron chi connectivity index (χ0n) is 10.4. The van der Waals surface area contributed by atoms with Crippen molar-refractivity contribution in [1.29, 1.82) is 0 Å². The first-order valence-corrected chi connectivity index (χ1v) is 7.27. The zero-order chi connectivity index (χ0) is 13.2. The van der Waals surface area contributed by atoms with E-state index in [1.54, 1.807) is 6.07 Å². The number of rotatable bonds is 4. The second kappa shape index (κ2) is 5.13. The summed E-state index contributed by atoms with van der Waals surface area (Å²) >= 11 is 1.53. The SMILES string of the molecule is O=C(O)c1ccc(SCc2ccc3c(c2)CCC3)o1. The molecule has 3 rings (SSSR count). The summed E-state index contributed by atoms with van der Waals surface area (Å²) < 4.78 is 5.22. The average Bonchev–Trinajstić information content (AvgIpc) is 3.04. The Bertz CT molecular complexity index is 616. The van der Waals surface area contributed by atoms with Crippen LogP contribution in [0.2, 0.25) is 0 Å². The summed E-state index contributed by atoms with van der Waals surface area (Å²) in [7, 11) is 0. The van der Waals surface area contributed by atoms with Gasteiger partial charge < -0.3 is 9.52 Å². The Kier molecular flexibility index (Phi) is 3.34. The van der Waals surface area contributed by atoms with Crippen molar-refractivity contribution >= 4 is 17.7 Å². The van der Waals surface area contributed by atoms with E-state index < -0.39 is 5.97 Å². The molecule has 0 unspecified atom stereocenters. The molecule has 3 nitrogen and oxygen atoms in total. The molecular weight excluding hydrogens is 260 g/mol. The fourth-order valence-electron chi connectivity index (χ4n) is 2.38. The number of thioether (sulfide) groups is 1. The van der Waals surface area contributed by atoms with Gasteiger partial charge in [-0.05, 0) is 48.1 Å². The van der Waals surface area contributed by atoms with Gasteiger partial charge in [0.15, 0.2) is 5.09 Å². The first-order valence-electron chi connectivity index (χ1n) is 6.29. The fourth-order valence-corrected chi connectivity index (χ4v) is 3.18. The van der Waals surface area contributed by atoms with Crippen molar-refractivity contribution < 1.29 is 14.3 Å². The van der Waals surface area contributed by atoms with E-state index in [4.69, 9.17) is 9.52 Å². The summed E-state index contributed by atoms with van der Waals surface area (Å²) in [5, 5.41) is 9.44. The molecule has 4 heteroatoms. The predicted octanol–water partition coefficient (Wildman–Crippen LogP) is 3.76. The smallest absolute Gasteiger partial charge is 0.371 e. The molecule has 0 saturated heterocycles. The molecule has 1 aliphatic rings. The Labute approximate surface area is 115 Å². The van der Waals surface area contributed by atoms with E-state index in [1.165, 1.54) is 53.8 Å². The number of fused-ring (bicyclic) bond motifs is 1. The molecule has 1 N–H and O–H groups in total. The minimum absolute atomic E-state index is 0.00328. The maximum atomic E-state index is 10.7. The van der Waals surface area contributed by atoms with E-state index in [-0.39, 0.29) is 5.76 Å². The molecule has 0 atom stereocenters. The van der Waals surface area contributed by atoms with Gasteiger partial charge in [-0.1, -0.05) is 30.0 Å². The zero-order valence-corrected chi connectivity index (χ0v) is 11.2. The molecule has 98 valence electrons. The number of carbonyl (C=O) groups is 1. The van der Waals surface area contributed by atoms with Gasteiger partial charge in [0.25, 0.3) is 0 Å². The van der Waals surface area contributed by atoms with Gasteiger partial charge >= 0.3 is 5.97 Å². The Morgan fingerprint density at radius 3 is 2.84 bits per heavy atom. The number of hydrogen-bond donors (Lipinski definition) is 1. The molecule has 1 heterocycles. The quantitative estimate of drug-likeness (QED) is 0.862. The molecule has 0 spiro atoms. The van der Waals surface area contributed by atoms with Crippen molar-refractivity contribution in [3.63, 3.8) is 0 Å². The minimum atomic E-state index is -1.02. The van der Waals surface area contributed by atoms with Crippen molar-refractivity contribution in [3.8, 4) is 0 Å². The van der Waals surface area contributed by atoms with Crippen molar-refractivity contribution in [2.24, 2.45) is 0 Å². The summed E-state index contributed by atoms with van der Waals surface area (Å²) in [5.41, 5.74) is 4.20. The first-order chi connectivity index (χ1) is 9.22. The highest BCUT2D eigenvalue weighted by Crippen LogP contribution is 2.28. The largest absolute Gasteiger partial charge is 0.475 e. The number of hydrogen-bond acceptors (Lipinski definition) is 3. The number of furan rings is 1. The second-order valence-corrected chi connectivity index (χ2v) is 5.65. The van der Waals surface area contributed by atoms with Crippen LogP contribution in [0.3, 0.4) is 0 Å². The molecule has 19 heavy (non-hydrogen) atoms. The highest BCUT2D eigenvalue weighted by Gasteiger charge is 2.12. The fraction of sp³-hybridized carbons (Fsp3) is 0.267. The van der Waals surface area contributed by atoms with Gasteiger partial charge in [-0.25, -0.2) is 4.79 Å². The van der Waals surface area contributed by atoms with Crippen LogP contribution in [-0.2, 0) is 18.6 Å². The Morgan fingerprint density at radius 2 is 2.05 bits per heavy atom. The van der Waals surface area contributed by atoms with E-state index in [9.17, 15) is 4.79 Å². The van der Waals surface area contributed by atoms with Gasteiger partial charge in [0, 0.05) is 5.75 Å². The highest BCUT2D eigenvalue weighted by molar-refractivity contribution is 7.98. The van der Waals surface area contributed by atoms with Crippen molar-refractivity contribution in [2.75, 3.05) is 0 Å². The van der Waals surface area contributed by atoms with Crippen LogP contribution in [0, 0.1) is 0 Å². The monoisotopic (exact) mass is 274 g/mol. The molecule has 0 fully saturated rings. The number of carboxylic acid groups (broad SMARTS) is 1. The lowest BCUT2D eigenvalue weighted by Crippen LogP contribution is -1.91. The van der Waals surface area contributed by atoms with E-state index in [0.717, 1.165) is 5.75 Å². The molecule has 1 aromatic carbocycles. The standard InChI is InChI=1S/C15H14O3S/c16-15(17)13-6-7-14(18-13)19-9-10-4-5-11-2-1-3-12(11)8-10/h4-8H,1-3,9H2,(H,16,17). The lowest BCUT2D eigenvalue weighted by Gasteiger charge is -2.03. The number of aromatic carboxylic acids is 1. The van der Waals surface area contributed by atoms with Gasteiger partial charge in [-0.3, -0.25) is 0 Å². The van der Waals surface area contributed by atoms with Crippen LogP contribution >= 0.6 is 11.8 Å². The average molecular weight is 274 g/mol. The summed E-state index contributed by atoms with van der Waals surface area (Å²) in [5.74, 6) is -0.222. The van der Waals surface area contributed by atoms with E-state index in [0.29, 0.717) is 5.09 Å². The Hall–Kier alpha value is -1.68. The third-order valence-corrected chi connectivity index (χ3v) is 4.32. The Morgan fingerprint density at radius 1 is 1.21 bits per heavy atom. The van der Waals surface area contributed by atoms with E-state index in [2.05, 4.69) is 18.2 Å². The number of benzene rings is 1. The highest BCUT2D eigenvalue weighted by atomic mass is 32.2. The van der Waals surface area contributed by atoms with Crippen LogP contribution in [0.1, 0.15) is 33.7 Å². The lowest BCUT2D eigenvalue weighted by molar-refractivity contribution is 0.0656. The van der Waals surface area contributed by atoms with Gasteiger partial charge in [0.1, 0.15) is 0 Å². The maximum Gasteiger partial charge on any atom is 0.371 e. The summed E-state index contributed by atoms with van der Waals surface area (Å²) in [4.78, 5) is 10.7. The molecule has 0 bridgehead atoms. The van der Waals surface area contributed by atoms with Gasteiger partial charge in [-0.2, -0.15) is 0 Å². The normalized spacial score (nSPS) is 13.5. The van der Waals surface area contributed by atoms with Crippen LogP contribution in [0.15, 0.2) is 39.8 Å². The third-order valence-electron chi connectivity index (χ3n) is 3.34. The van der Waals surface area contributed by atoms with Crippen LogP contribution in [-0.4, -0.2) is 11.1 Å². The molecule has 1 aromatic heterocycles. The molecule has 1 aliphatic carbocycles. The summed E-state index contributed by atoms with van der Waals surface area (Å²) in [6, 6.07) is 9.83. The van der Waals surface area contributed by atoms with E-state index >= 15 is 0 Å². The van der Waals surface area contributed by atoms with Crippen LogP contribution < -0.4 is 0 Å². The molecule has 0 saturated carbocycles. The molecule has 0 amide bonds. The molecular formula is C15H14O3S. The van der Waals surface area contributed by atoms with Gasteiger partial charge in [0.2, 0.25) is 5.76 Å². The lowest BCUT2D eigenvalue weighted by atomic mass is 10.1. The summed E-state index contributed by atoms with van der Waals surface area (Å²) in [6.45, 7) is 0. The number of carboxylic acids is 1. The van der Waals surface area contributed by atoms with Crippen LogP contribution in [0.4, 0.5) is 0 Å². The third kappa shape index (κ3) is 2.68. The van der Waals surface area contributed by atoms with Crippen molar-refractivity contribution in [2.45, 2.75) is 30.1 Å². The van der Waals surface area contributed by atoms with Crippen molar-refractivity contribution in [1.82, 2.24) is 0 Å². The minimum Gasteiger partial charge on any atom is -0.475 e. The predicted molar refractivity (Wildman–Crippen MR) is 73.7 cm³/mol. The first kappa shape index (κ1) is 12.4. The van der Waals surface area contributed by atoms with Crippen molar-refractivity contribution in [3.05, 3.63) is 52.8 Å². The van der Waals surface area contributed by atoms with Crippen LogP contribution in [0.5, 0.6) is 0 Å². The van der Waals surface area contributed by atoms with Gasteiger partial charge in [0.05, 0.1) is 0 Å². The molecule has 2 aromatic rings. The van der Waals surface area contributed by atoms with Crippen LogP contribution in [0.25, 0.3) is 0 Å². The van der Waals surface area contributed by atoms with Gasteiger partial charge in [-0.15, -0.1) is 0 Å². The topological polar surface area (TPSA) is 50.4 Å². The second-order valence-electron chi connectivity index (χ2n) is 4.67. The molecule has 0 aliphatic heterocycles. The summed E-state index contributed by atoms with van der Waals surface area (Å²) in [6.07, 6.45) is 3.63.